The summed E-state index contributed by atoms with van der Waals surface area (Å²) in [5.74, 6) is 0.680. The van der Waals surface area contributed by atoms with Gasteiger partial charge in [0.05, 0.1) is 12.8 Å². The Morgan fingerprint density at radius 2 is 2.00 bits per heavy atom. The maximum absolute atomic E-state index is 11.6. The molecule has 2 aromatic carbocycles. The molecule has 2 rings (SSSR count). The fourth-order valence-electron chi connectivity index (χ4n) is 1.76. The quantitative estimate of drug-likeness (QED) is 0.607. The van der Waals surface area contributed by atoms with Crippen molar-refractivity contribution in [1.29, 1.82) is 0 Å². The minimum absolute atomic E-state index is 0.0595. The highest BCUT2D eigenvalue weighted by Gasteiger charge is 2.03. The predicted octanol–water partition coefficient (Wildman–Crippen LogP) is 2.32. The summed E-state index contributed by atoms with van der Waals surface area (Å²) < 4.78 is 10.6. The Bertz CT molecular complexity index is 672. The maximum Gasteiger partial charge on any atom is 0.277 e. The van der Waals surface area contributed by atoms with Gasteiger partial charge in [0.25, 0.3) is 5.91 Å². The SMILES string of the molecule is CCOc1cc(/C=N\NC(=O)COc2ccccc2)ccc1O. The molecule has 0 saturated heterocycles. The highest BCUT2D eigenvalue weighted by molar-refractivity contribution is 5.83. The summed E-state index contributed by atoms with van der Waals surface area (Å²) in [5, 5.41) is 13.4. The molecule has 0 spiro atoms. The van der Waals surface area contributed by atoms with Crippen molar-refractivity contribution in [2.75, 3.05) is 13.2 Å². The zero-order valence-electron chi connectivity index (χ0n) is 12.7. The molecule has 120 valence electrons. The van der Waals surface area contributed by atoms with Gasteiger partial charge in [-0.2, -0.15) is 5.10 Å². The fourth-order valence-corrected chi connectivity index (χ4v) is 1.76. The maximum atomic E-state index is 11.6. The molecule has 0 aliphatic carbocycles. The average molecular weight is 314 g/mol. The van der Waals surface area contributed by atoms with Crippen molar-refractivity contribution >= 4 is 12.1 Å². The van der Waals surface area contributed by atoms with E-state index in [9.17, 15) is 9.90 Å². The number of ether oxygens (including phenoxy) is 2. The topological polar surface area (TPSA) is 80.2 Å². The van der Waals surface area contributed by atoms with Crippen LogP contribution in [0.4, 0.5) is 0 Å². The molecule has 6 nitrogen and oxygen atoms in total. The molecule has 0 heterocycles. The molecular weight excluding hydrogens is 296 g/mol. The van der Waals surface area contributed by atoms with Gasteiger partial charge in [0.2, 0.25) is 0 Å². The molecular formula is C17H18N2O4. The van der Waals surface area contributed by atoms with E-state index >= 15 is 0 Å². The van der Waals surface area contributed by atoms with Crippen molar-refractivity contribution < 1.29 is 19.4 Å². The van der Waals surface area contributed by atoms with Crippen molar-refractivity contribution in [3.8, 4) is 17.2 Å². The van der Waals surface area contributed by atoms with Gasteiger partial charge in [0.1, 0.15) is 5.75 Å². The van der Waals surface area contributed by atoms with Gasteiger partial charge in [-0.15, -0.1) is 0 Å². The second-order valence-electron chi connectivity index (χ2n) is 4.56. The number of nitrogens with one attached hydrogen (secondary N) is 1. The van der Waals surface area contributed by atoms with Gasteiger partial charge in [-0.1, -0.05) is 18.2 Å². The molecule has 0 unspecified atom stereocenters. The third-order valence-electron chi connectivity index (χ3n) is 2.80. The van der Waals surface area contributed by atoms with Crippen LogP contribution in [0.5, 0.6) is 17.2 Å². The number of benzene rings is 2. The molecule has 0 radical (unpaired) electrons. The van der Waals surface area contributed by atoms with Gasteiger partial charge in [-0.3, -0.25) is 4.79 Å². The van der Waals surface area contributed by atoms with Crippen molar-refractivity contribution in [1.82, 2.24) is 5.43 Å². The first-order valence-electron chi connectivity index (χ1n) is 7.14. The number of para-hydroxylation sites is 1. The standard InChI is InChI=1S/C17H18N2O4/c1-2-22-16-10-13(8-9-15(16)20)11-18-19-17(21)12-23-14-6-4-3-5-7-14/h3-11,20H,2,12H2,1H3,(H,19,21)/b18-11-. The van der Waals surface area contributed by atoms with E-state index < -0.39 is 0 Å². The van der Waals surface area contributed by atoms with E-state index in [0.717, 1.165) is 0 Å². The number of rotatable bonds is 7. The number of amides is 1. The molecule has 6 heteroatoms. The van der Waals surface area contributed by atoms with Gasteiger partial charge in [0.15, 0.2) is 18.1 Å². The molecule has 2 aromatic rings. The van der Waals surface area contributed by atoms with Crippen LogP contribution in [-0.4, -0.2) is 30.4 Å². The van der Waals surface area contributed by atoms with Gasteiger partial charge in [-0.25, -0.2) is 5.43 Å². The first-order valence-corrected chi connectivity index (χ1v) is 7.14. The number of nitrogens with zero attached hydrogens (tertiary/aromatic N) is 1. The number of phenols is 1. The van der Waals surface area contributed by atoms with E-state index in [2.05, 4.69) is 10.5 Å². The van der Waals surface area contributed by atoms with Crippen LogP contribution in [0.25, 0.3) is 0 Å². The van der Waals surface area contributed by atoms with Crippen LogP contribution >= 0.6 is 0 Å². The first-order chi connectivity index (χ1) is 11.2. The number of phenolic OH excluding ortho intramolecular Hbond substituents is 1. The zero-order chi connectivity index (χ0) is 16.5. The minimum Gasteiger partial charge on any atom is -0.504 e. The van der Waals surface area contributed by atoms with Crippen LogP contribution in [0.15, 0.2) is 53.6 Å². The second kappa shape index (κ2) is 8.43. The van der Waals surface area contributed by atoms with Crippen molar-refractivity contribution in [3.05, 3.63) is 54.1 Å². The molecule has 0 aromatic heterocycles. The summed E-state index contributed by atoms with van der Waals surface area (Å²) in [6, 6.07) is 13.9. The second-order valence-corrected chi connectivity index (χ2v) is 4.56. The lowest BCUT2D eigenvalue weighted by molar-refractivity contribution is -0.123. The Balaban J connectivity index is 1.84. The van der Waals surface area contributed by atoms with E-state index in [0.29, 0.717) is 23.7 Å². The Morgan fingerprint density at radius 3 is 2.74 bits per heavy atom. The molecule has 23 heavy (non-hydrogen) atoms. The van der Waals surface area contributed by atoms with E-state index in [-0.39, 0.29) is 18.3 Å². The van der Waals surface area contributed by atoms with Gasteiger partial charge in [-0.05, 0) is 42.8 Å². The van der Waals surface area contributed by atoms with E-state index in [1.54, 1.807) is 24.3 Å². The summed E-state index contributed by atoms with van der Waals surface area (Å²) in [6.45, 7) is 2.15. The van der Waals surface area contributed by atoms with Crippen LogP contribution in [0.1, 0.15) is 12.5 Å². The lowest BCUT2D eigenvalue weighted by Crippen LogP contribution is -2.24. The number of hydrogen-bond donors (Lipinski definition) is 2. The largest absolute Gasteiger partial charge is 0.504 e. The summed E-state index contributed by atoms with van der Waals surface area (Å²) in [5.41, 5.74) is 3.06. The van der Waals surface area contributed by atoms with Crippen LogP contribution in [0.2, 0.25) is 0 Å². The Kier molecular flexibility index (Phi) is 5.99. The van der Waals surface area contributed by atoms with Crippen LogP contribution in [0.3, 0.4) is 0 Å². The summed E-state index contributed by atoms with van der Waals surface area (Å²) in [6.07, 6.45) is 1.46. The highest BCUT2D eigenvalue weighted by atomic mass is 16.5. The summed E-state index contributed by atoms with van der Waals surface area (Å²) in [7, 11) is 0. The lowest BCUT2D eigenvalue weighted by Gasteiger charge is -2.06. The monoisotopic (exact) mass is 314 g/mol. The van der Waals surface area contributed by atoms with Gasteiger partial charge < -0.3 is 14.6 Å². The highest BCUT2D eigenvalue weighted by Crippen LogP contribution is 2.26. The number of carbonyl (C=O) groups is 1. The number of carbonyl (C=O) groups excluding carboxylic acids is 1. The smallest absolute Gasteiger partial charge is 0.277 e. The Labute approximate surface area is 134 Å². The minimum atomic E-state index is -0.367. The van der Waals surface area contributed by atoms with Gasteiger partial charge >= 0.3 is 0 Å². The van der Waals surface area contributed by atoms with E-state index in [4.69, 9.17) is 9.47 Å². The molecule has 0 saturated carbocycles. The molecule has 0 aliphatic rings. The molecule has 0 bridgehead atoms. The normalized spacial score (nSPS) is 10.5. The molecule has 2 N–H and O–H groups in total. The van der Waals surface area contributed by atoms with Crippen molar-refractivity contribution in [2.24, 2.45) is 5.10 Å². The van der Waals surface area contributed by atoms with Gasteiger partial charge in [0, 0.05) is 0 Å². The molecule has 0 fully saturated rings. The van der Waals surface area contributed by atoms with Crippen molar-refractivity contribution in [3.63, 3.8) is 0 Å². The number of hydrogen-bond acceptors (Lipinski definition) is 5. The summed E-state index contributed by atoms with van der Waals surface area (Å²) >= 11 is 0. The average Bonchev–Trinajstić information content (AvgIpc) is 2.57. The molecule has 0 atom stereocenters. The van der Waals surface area contributed by atoms with Crippen molar-refractivity contribution in [2.45, 2.75) is 6.92 Å². The first kappa shape index (κ1) is 16.4. The van der Waals surface area contributed by atoms with Crippen LogP contribution in [-0.2, 0) is 4.79 Å². The lowest BCUT2D eigenvalue weighted by atomic mass is 10.2. The molecule has 1 amide bonds. The Morgan fingerprint density at radius 1 is 1.22 bits per heavy atom. The number of hydrazone groups is 1. The molecule has 0 aliphatic heterocycles. The predicted molar refractivity (Wildman–Crippen MR) is 86.9 cm³/mol. The fraction of sp³-hybridized carbons (Fsp3) is 0.176. The van der Waals surface area contributed by atoms with Crippen LogP contribution < -0.4 is 14.9 Å². The number of aromatic hydroxyl groups is 1. The third kappa shape index (κ3) is 5.35. The van der Waals surface area contributed by atoms with Crippen LogP contribution in [0, 0.1) is 0 Å². The summed E-state index contributed by atoms with van der Waals surface area (Å²) in [4.78, 5) is 11.6. The zero-order valence-corrected chi connectivity index (χ0v) is 12.7. The third-order valence-corrected chi connectivity index (χ3v) is 2.80. The van der Waals surface area contributed by atoms with E-state index in [1.165, 1.54) is 12.3 Å². The Hall–Kier alpha value is -3.02. The van der Waals surface area contributed by atoms with E-state index in [1.807, 2.05) is 25.1 Å².